The SMILES string of the molecule is C[C@@H](NC(=O)OCc1ccccc1)C(=O)Nc1nc(-c2ccccc2)cs1. The smallest absolute Gasteiger partial charge is 0.408 e. The van der Waals surface area contributed by atoms with Crippen LogP contribution in [0.2, 0.25) is 0 Å². The molecule has 0 aliphatic carbocycles. The van der Waals surface area contributed by atoms with Crippen LogP contribution < -0.4 is 10.6 Å². The lowest BCUT2D eigenvalue weighted by atomic mass is 10.2. The van der Waals surface area contributed by atoms with Crippen LogP contribution in [0.15, 0.2) is 66.0 Å². The summed E-state index contributed by atoms with van der Waals surface area (Å²) in [5.41, 5.74) is 2.64. The van der Waals surface area contributed by atoms with Gasteiger partial charge in [0.1, 0.15) is 12.6 Å². The van der Waals surface area contributed by atoms with E-state index >= 15 is 0 Å². The highest BCUT2D eigenvalue weighted by Crippen LogP contribution is 2.24. The van der Waals surface area contributed by atoms with E-state index in [-0.39, 0.29) is 12.5 Å². The molecular weight excluding hydrogens is 362 g/mol. The number of aromatic nitrogens is 1. The first-order valence-electron chi connectivity index (χ1n) is 8.41. The number of hydrogen-bond acceptors (Lipinski definition) is 5. The third kappa shape index (κ3) is 5.39. The van der Waals surface area contributed by atoms with Gasteiger partial charge in [-0.05, 0) is 12.5 Å². The van der Waals surface area contributed by atoms with Gasteiger partial charge in [-0.25, -0.2) is 9.78 Å². The van der Waals surface area contributed by atoms with E-state index in [1.807, 2.05) is 66.0 Å². The summed E-state index contributed by atoms with van der Waals surface area (Å²) in [6, 6.07) is 18.3. The van der Waals surface area contributed by atoms with Crippen LogP contribution in [0.4, 0.5) is 9.93 Å². The molecule has 0 saturated carbocycles. The van der Waals surface area contributed by atoms with Crippen molar-refractivity contribution in [2.24, 2.45) is 0 Å². The van der Waals surface area contributed by atoms with Gasteiger partial charge < -0.3 is 15.4 Å². The van der Waals surface area contributed by atoms with Crippen LogP contribution in [0.3, 0.4) is 0 Å². The van der Waals surface area contributed by atoms with Crippen molar-refractivity contribution in [3.05, 3.63) is 71.6 Å². The van der Waals surface area contributed by atoms with Gasteiger partial charge in [-0.1, -0.05) is 60.7 Å². The van der Waals surface area contributed by atoms with Crippen molar-refractivity contribution in [3.8, 4) is 11.3 Å². The number of thiazole rings is 1. The van der Waals surface area contributed by atoms with Gasteiger partial charge in [-0.15, -0.1) is 11.3 Å². The zero-order valence-corrected chi connectivity index (χ0v) is 15.5. The molecule has 0 aliphatic rings. The molecule has 0 fully saturated rings. The van der Waals surface area contributed by atoms with E-state index in [2.05, 4.69) is 15.6 Å². The van der Waals surface area contributed by atoms with Gasteiger partial charge in [0.05, 0.1) is 5.69 Å². The Morgan fingerprint density at radius 2 is 1.74 bits per heavy atom. The van der Waals surface area contributed by atoms with Gasteiger partial charge in [0.2, 0.25) is 5.91 Å². The molecule has 1 atom stereocenters. The molecule has 0 bridgehead atoms. The summed E-state index contributed by atoms with van der Waals surface area (Å²) in [7, 11) is 0. The summed E-state index contributed by atoms with van der Waals surface area (Å²) >= 11 is 1.33. The third-order valence-corrected chi connectivity index (χ3v) is 4.50. The molecule has 0 spiro atoms. The molecule has 1 heterocycles. The van der Waals surface area contributed by atoms with Gasteiger partial charge in [0.15, 0.2) is 5.13 Å². The van der Waals surface area contributed by atoms with E-state index < -0.39 is 12.1 Å². The number of hydrogen-bond donors (Lipinski definition) is 2. The third-order valence-electron chi connectivity index (χ3n) is 3.74. The molecule has 3 aromatic rings. The minimum atomic E-state index is -0.752. The quantitative estimate of drug-likeness (QED) is 0.675. The first-order chi connectivity index (χ1) is 13.1. The average Bonchev–Trinajstić information content (AvgIpc) is 3.16. The number of nitrogens with zero attached hydrogens (tertiary/aromatic N) is 1. The van der Waals surface area contributed by atoms with Gasteiger partial charge >= 0.3 is 6.09 Å². The first-order valence-corrected chi connectivity index (χ1v) is 9.29. The van der Waals surface area contributed by atoms with E-state index in [0.29, 0.717) is 5.13 Å². The molecule has 138 valence electrons. The number of carbonyl (C=O) groups is 2. The Morgan fingerprint density at radius 1 is 1.07 bits per heavy atom. The summed E-state index contributed by atoms with van der Waals surface area (Å²) in [5.74, 6) is -0.361. The summed E-state index contributed by atoms with van der Waals surface area (Å²) in [6.07, 6.45) is -0.648. The lowest BCUT2D eigenvalue weighted by molar-refractivity contribution is -0.117. The van der Waals surface area contributed by atoms with Gasteiger partial charge in [0.25, 0.3) is 0 Å². The summed E-state index contributed by atoms with van der Waals surface area (Å²) < 4.78 is 5.12. The molecular formula is C20H19N3O3S. The van der Waals surface area contributed by atoms with Crippen molar-refractivity contribution >= 4 is 28.5 Å². The summed E-state index contributed by atoms with van der Waals surface area (Å²) in [5, 5.41) is 7.57. The van der Waals surface area contributed by atoms with Crippen LogP contribution in [0.25, 0.3) is 11.3 Å². The van der Waals surface area contributed by atoms with Crippen LogP contribution in [-0.4, -0.2) is 23.0 Å². The van der Waals surface area contributed by atoms with E-state index in [0.717, 1.165) is 16.8 Å². The molecule has 2 aromatic carbocycles. The van der Waals surface area contributed by atoms with E-state index in [9.17, 15) is 9.59 Å². The number of rotatable bonds is 6. The monoisotopic (exact) mass is 381 g/mol. The zero-order chi connectivity index (χ0) is 19.1. The summed E-state index contributed by atoms with van der Waals surface area (Å²) in [4.78, 5) is 28.5. The normalized spacial score (nSPS) is 11.4. The molecule has 0 unspecified atom stereocenters. The summed E-state index contributed by atoms with van der Waals surface area (Å²) in [6.45, 7) is 1.73. The van der Waals surface area contributed by atoms with E-state index in [1.54, 1.807) is 6.92 Å². The second-order valence-electron chi connectivity index (χ2n) is 5.82. The fourth-order valence-electron chi connectivity index (χ4n) is 2.29. The average molecular weight is 381 g/mol. The van der Waals surface area contributed by atoms with Crippen LogP contribution in [-0.2, 0) is 16.1 Å². The highest BCUT2D eigenvalue weighted by molar-refractivity contribution is 7.14. The van der Waals surface area contributed by atoms with Crippen molar-refractivity contribution < 1.29 is 14.3 Å². The van der Waals surface area contributed by atoms with Gasteiger partial charge in [-0.2, -0.15) is 0 Å². The largest absolute Gasteiger partial charge is 0.445 e. The lowest BCUT2D eigenvalue weighted by Crippen LogP contribution is -2.41. The van der Waals surface area contributed by atoms with Crippen molar-refractivity contribution in [2.45, 2.75) is 19.6 Å². The predicted octanol–water partition coefficient (Wildman–Crippen LogP) is 4.06. The molecule has 1 aromatic heterocycles. The molecule has 27 heavy (non-hydrogen) atoms. The topological polar surface area (TPSA) is 80.3 Å². The van der Waals surface area contributed by atoms with Gasteiger partial charge in [0, 0.05) is 10.9 Å². The molecule has 0 saturated heterocycles. The maximum atomic E-state index is 12.3. The number of carbonyl (C=O) groups excluding carboxylic acids is 2. The highest BCUT2D eigenvalue weighted by Gasteiger charge is 2.18. The number of ether oxygens (including phenoxy) is 1. The van der Waals surface area contributed by atoms with E-state index in [1.165, 1.54) is 11.3 Å². The second-order valence-corrected chi connectivity index (χ2v) is 6.68. The Hall–Kier alpha value is -3.19. The number of nitrogens with one attached hydrogen (secondary N) is 2. The van der Waals surface area contributed by atoms with Crippen molar-refractivity contribution in [1.29, 1.82) is 0 Å². The molecule has 6 nitrogen and oxygen atoms in total. The molecule has 7 heteroatoms. The fraction of sp³-hybridized carbons (Fsp3) is 0.150. The Labute approximate surface area is 161 Å². The van der Waals surface area contributed by atoms with Crippen LogP contribution in [0, 0.1) is 0 Å². The number of anilines is 1. The molecule has 0 aliphatic heterocycles. The van der Waals surface area contributed by atoms with Gasteiger partial charge in [-0.3, -0.25) is 4.79 Å². The molecule has 2 N–H and O–H groups in total. The maximum Gasteiger partial charge on any atom is 0.408 e. The molecule has 3 rings (SSSR count). The fourth-order valence-corrected chi connectivity index (χ4v) is 3.02. The Morgan fingerprint density at radius 3 is 2.44 bits per heavy atom. The van der Waals surface area contributed by atoms with Crippen molar-refractivity contribution in [1.82, 2.24) is 10.3 Å². The lowest BCUT2D eigenvalue weighted by Gasteiger charge is -2.13. The Bertz CT molecular complexity index is 897. The maximum absolute atomic E-state index is 12.3. The minimum Gasteiger partial charge on any atom is -0.445 e. The first kappa shape index (κ1) is 18.6. The van der Waals surface area contributed by atoms with Crippen LogP contribution in [0.1, 0.15) is 12.5 Å². The Balaban J connectivity index is 1.49. The second kappa shape index (κ2) is 8.95. The van der Waals surface area contributed by atoms with Crippen LogP contribution in [0.5, 0.6) is 0 Å². The highest BCUT2D eigenvalue weighted by atomic mass is 32.1. The van der Waals surface area contributed by atoms with Crippen LogP contribution >= 0.6 is 11.3 Å². The predicted molar refractivity (Wildman–Crippen MR) is 105 cm³/mol. The Kier molecular flexibility index (Phi) is 6.17. The number of benzene rings is 2. The van der Waals surface area contributed by atoms with Crippen molar-refractivity contribution in [3.63, 3.8) is 0 Å². The number of amides is 2. The molecule has 2 amide bonds. The van der Waals surface area contributed by atoms with Crippen molar-refractivity contribution in [2.75, 3.05) is 5.32 Å². The zero-order valence-electron chi connectivity index (χ0n) is 14.7. The number of alkyl carbamates (subject to hydrolysis) is 1. The standard InChI is InChI=1S/C20H19N3O3S/c1-14(21-20(25)26-12-15-8-4-2-5-9-15)18(24)23-19-22-17(13-27-19)16-10-6-3-7-11-16/h2-11,13-14H,12H2,1H3,(H,21,25)(H,22,23,24)/t14-/m1/s1. The molecule has 0 radical (unpaired) electrons. The minimum absolute atomic E-state index is 0.147. The van der Waals surface area contributed by atoms with E-state index in [4.69, 9.17) is 4.74 Å².